The van der Waals surface area contributed by atoms with Gasteiger partial charge in [0.05, 0.1) is 35.3 Å². The summed E-state index contributed by atoms with van der Waals surface area (Å²) in [6.45, 7) is 5.43. The Morgan fingerprint density at radius 2 is 1.81 bits per heavy atom. The van der Waals surface area contributed by atoms with Crippen LogP contribution in [0.15, 0.2) is 36.9 Å². The molecule has 2 saturated heterocycles. The van der Waals surface area contributed by atoms with Crippen molar-refractivity contribution in [3.63, 3.8) is 0 Å². The van der Waals surface area contributed by atoms with Gasteiger partial charge in [0.2, 0.25) is 0 Å². The maximum absolute atomic E-state index is 5.93. The SMILES string of the molecule is CN1CCN(c2nccc3[nH]c(-c4n[nH]c5cnc(-c6cncc(N7CC(N)C7)n6)cc45)nc23)CC1. The summed E-state index contributed by atoms with van der Waals surface area (Å²) >= 11 is 0. The predicted molar refractivity (Wildman–Crippen MR) is 138 cm³/mol. The minimum Gasteiger partial charge on any atom is -0.352 e. The topological polar surface area (TPSA) is 145 Å². The molecule has 12 heteroatoms. The number of nitrogens with one attached hydrogen (secondary N) is 2. The van der Waals surface area contributed by atoms with Crippen LogP contribution in [0, 0.1) is 0 Å². The molecular weight excluding hydrogens is 456 g/mol. The second-order valence-electron chi connectivity index (χ2n) is 9.52. The molecule has 7 rings (SSSR count). The lowest BCUT2D eigenvalue weighted by molar-refractivity contribution is 0.312. The molecule has 0 saturated carbocycles. The van der Waals surface area contributed by atoms with Crippen molar-refractivity contribution in [3.05, 3.63) is 36.9 Å². The van der Waals surface area contributed by atoms with E-state index in [4.69, 9.17) is 15.7 Å². The first-order chi connectivity index (χ1) is 17.6. The number of nitrogens with zero attached hydrogens (tertiary/aromatic N) is 9. The van der Waals surface area contributed by atoms with Crippen molar-refractivity contribution in [2.45, 2.75) is 6.04 Å². The van der Waals surface area contributed by atoms with Crippen molar-refractivity contribution in [1.82, 2.24) is 45.0 Å². The number of hydrogen-bond acceptors (Lipinski definition) is 10. The lowest BCUT2D eigenvalue weighted by Gasteiger charge is -2.37. The maximum Gasteiger partial charge on any atom is 0.159 e. The monoisotopic (exact) mass is 482 g/mol. The Balaban J connectivity index is 1.26. The van der Waals surface area contributed by atoms with E-state index < -0.39 is 0 Å². The molecule has 2 aliphatic heterocycles. The van der Waals surface area contributed by atoms with Gasteiger partial charge in [-0.2, -0.15) is 5.10 Å². The summed E-state index contributed by atoms with van der Waals surface area (Å²) in [5, 5.41) is 8.56. The van der Waals surface area contributed by atoms with Crippen molar-refractivity contribution in [3.8, 4) is 22.9 Å². The maximum atomic E-state index is 5.93. The zero-order chi connectivity index (χ0) is 24.2. The second-order valence-corrected chi connectivity index (χ2v) is 9.52. The highest BCUT2D eigenvalue weighted by Gasteiger charge is 2.25. The Morgan fingerprint density at radius 1 is 0.944 bits per heavy atom. The third-order valence-electron chi connectivity index (χ3n) is 6.97. The minimum absolute atomic E-state index is 0.189. The van der Waals surface area contributed by atoms with E-state index in [-0.39, 0.29) is 6.04 Å². The van der Waals surface area contributed by atoms with Gasteiger partial charge in [0, 0.05) is 56.9 Å². The fourth-order valence-corrected chi connectivity index (χ4v) is 4.85. The summed E-state index contributed by atoms with van der Waals surface area (Å²) in [5.74, 6) is 2.40. The third-order valence-corrected chi connectivity index (χ3v) is 6.97. The van der Waals surface area contributed by atoms with Gasteiger partial charge in [-0.15, -0.1) is 0 Å². The van der Waals surface area contributed by atoms with Crippen LogP contribution < -0.4 is 15.5 Å². The number of imidazole rings is 1. The molecular formula is C24H26N12. The minimum atomic E-state index is 0.189. The summed E-state index contributed by atoms with van der Waals surface area (Å²) in [5.41, 5.74) is 10.7. The van der Waals surface area contributed by atoms with Gasteiger partial charge in [-0.05, 0) is 19.2 Å². The van der Waals surface area contributed by atoms with E-state index in [0.717, 1.165) is 84.2 Å². The highest BCUT2D eigenvalue weighted by molar-refractivity contribution is 5.96. The van der Waals surface area contributed by atoms with E-state index in [2.05, 4.69) is 51.9 Å². The van der Waals surface area contributed by atoms with Crippen LogP contribution in [0.4, 0.5) is 11.6 Å². The average molecular weight is 483 g/mol. The van der Waals surface area contributed by atoms with Crippen LogP contribution in [-0.2, 0) is 0 Å². The van der Waals surface area contributed by atoms with Crippen molar-refractivity contribution >= 4 is 33.6 Å². The van der Waals surface area contributed by atoms with Crippen LogP contribution >= 0.6 is 0 Å². The number of nitrogens with two attached hydrogens (primary N) is 1. The summed E-state index contributed by atoms with van der Waals surface area (Å²) in [7, 11) is 2.14. The number of rotatable bonds is 4. The molecule has 2 aliphatic rings. The Hall–Kier alpha value is -4.16. The van der Waals surface area contributed by atoms with E-state index >= 15 is 0 Å². The highest BCUT2D eigenvalue weighted by atomic mass is 15.3. The van der Waals surface area contributed by atoms with Gasteiger partial charge in [0.15, 0.2) is 11.6 Å². The number of pyridine rings is 2. The first kappa shape index (κ1) is 21.1. The van der Waals surface area contributed by atoms with Gasteiger partial charge in [-0.25, -0.2) is 15.0 Å². The summed E-state index contributed by atoms with van der Waals surface area (Å²) in [6, 6.07) is 4.13. The Bertz CT molecular complexity index is 1560. The molecule has 182 valence electrons. The molecule has 36 heavy (non-hydrogen) atoms. The normalized spacial score (nSPS) is 17.3. The molecule has 5 aromatic rings. The van der Waals surface area contributed by atoms with E-state index in [9.17, 15) is 0 Å². The second kappa shape index (κ2) is 8.21. The first-order valence-electron chi connectivity index (χ1n) is 12.1. The Morgan fingerprint density at radius 3 is 2.64 bits per heavy atom. The van der Waals surface area contributed by atoms with Gasteiger partial charge in [0.1, 0.15) is 22.7 Å². The van der Waals surface area contributed by atoms with Crippen LogP contribution in [0.2, 0.25) is 0 Å². The predicted octanol–water partition coefficient (Wildman–Crippen LogP) is 1.25. The summed E-state index contributed by atoms with van der Waals surface area (Å²) in [4.78, 5) is 33.5. The lowest BCUT2D eigenvalue weighted by atomic mass is 10.1. The number of H-pyrrole nitrogens is 2. The van der Waals surface area contributed by atoms with Gasteiger partial charge in [-0.1, -0.05) is 0 Å². The molecule has 0 amide bonds. The van der Waals surface area contributed by atoms with Crippen molar-refractivity contribution in [2.24, 2.45) is 5.73 Å². The van der Waals surface area contributed by atoms with Crippen LogP contribution in [0.1, 0.15) is 0 Å². The number of aromatic nitrogens is 8. The Labute approximate surface area is 206 Å². The van der Waals surface area contributed by atoms with Crippen LogP contribution in [0.3, 0.4) is 0 Å². The summed E-state index contributed by atoms with van der Waals surface area (Å²) < 4.78 is 0. The van der Waals surface area contributed by atoms with Crippen molar-refractivity contribution in [1.29, 1.82) is 0 Å². The van der Waals surface area contributed by atoms with Crippen molar-refractivity contribution in [2.75, 3.05) is 56.1 Å². The number of piperazine rings is 1. The average Bonchev–Trinajstić information content (AvgIpc) is 3.51. The number of likely N-dealkylation sites (N-methyl/N-ethyl adjacent to an activating group) is 1. The largest absolute Gasteiger partial charge is 0.352 e. The van der Waals surface area contributed by atoms with Gasteiger partial charge in [0.25, 0.3) is 0 Å². The van der Waals surface area contributed by atoms with Crippen LogP contribution in [0.5, 0.6) is 0 Å². The molecule has 0 aromatic carbocycles. The molecule has 0 bridgehead atoms. The highest BCUT2D eigenvalue weighted by Crippen LogP contribution is 2.31. The molecule has 12 nitrogen and oxygen atoms in total. The molecule has 0 radical (unpaired) electrons. The zero-order valence-corrected chi connectivity index (χ0v) is 19.9. The molecule has 5 aromatic heterocycles. The quantitative estimate of drug-likeness (QED) is 0.342. The van der Waals surface area contributed by atoms with E-state index in [1.54, 1.807) is 18.6 Å². The standard InChI is InChI=1S/C24H26N12/c1-34-4-6-35(7-5-34)24-22-16(2-3-27-24)30-23(31-22)21-15-8-17(28-10-18(15)32-33-21)19-9-26-11-20(29-19)36-12-14(25)13-36/h2-3,8-11,14H,4-7,12-13,25H2,1H3,(H,30,31)(H,32,33). The van der Waals surface area contributed by atoms with Gasteiger partial charge >= 0.3 is 0 Å². The van der Waals surface area contributed by atoms with E-state index in [0.29, 0.717) is 11.5 Å². The first-order valence-corrected chi connectivity index (χ1v) is 12.1. The molecule has 0 unspecified atom stereocenters. The molecule has 0 atom stereocenters. The van der Waals surface area contributed by atoms with Crippen LogP contribution in [-0.4, -0.2) is 97.4 Å². The number of fused-ring (bicyclic) bond motifs is 2. The number of hydrogen-bond donors (Lipinski definition) is 3. The van der Waals surface area contributed by atoms with Crippen molar-refractivity contribution < 1.29 is 0 Å². The number of anilines is 2. The molecule has 0 aliphatic carbocycles. The van der Waals surface area contributed by atoms with Crippen LogP contribution in [0.25, 0.3) is 44.8 Å². The van der Waals surface area contributed by atoms with Gasteiger partial charge < -0.3 is 25.4 Å². The molecule has 0 spiro atoms. The lowest BCUT2D eigenvalue weighted by Crippen LogP contribution is -2.56. The smallest absolute Gasteiger partial charge is 0.159 e. The van der Waals surface area contributed by atoms with E-state index in [1.807, 2.05) is 18.3 Å². The summed E-state index contributed by atoms with van der Waals surface area (Å²) in [6.07, 6.45) is 7.10. The molecule has 7 heterocycles. The van der Waals surface area contributed by atoms with Gasteiger partial charge in [-0.3, -0.25) is 15.1 Å². The fourth-order valence-electron chi connectivity index (χ4n) is 4.85. The fraction of sp³-hybridized carbons (Fsp3) is 0.333. The zero-order valence-electron chi connectivity index (χ0n) is 19.9. The van der Waals surface area contributed by atoms with E-state index in [1.165, 1.54) is 0 Å². The molecule has 4 N–H and O–H groups in total. The number of aromatic amines is 2. The molecule has 2 fully saturated rings. The third kappa shape index (κ3) is 3.53. The Kier molecular flexibility index (Phi) is 4.82.